The Kier molecular flexibility index (Phi) is 65.0. The van der Waals surface area contributed by atoms with Crippen molar-refractivity contribution in [3.63, 3.8) is 0 Å². The normalized spacial score (nSPS) is 14.1. The largest absolute Gasteiger partial charge is 0.756 e. The zero-order valence-corrected chi connectivity index (χ0v) is 59.8. The lowest BCUT2D eigenvalue weighted by Crippen LogP contribution is -2.47. The van der Waals surface area contributed by atoms with E-state index in [1.807, 2.05) is 33.3 Å². The van der Waals surface area contributed by atoms with Crippen LogP contribution in [0.1, 0.15) is 329 Å². The Hall–Kier alpha value is -3.33. The molecule has 9 nitrogen and oxygen atoms in total. The number of phosphoric acid groups is 1. The van der Waals surface area contributed by atoms with Crippen molar-refractivity contribution in [3.8, 4) is 0 Å². The molecule has 0 saturated carbocycles. The molecule has 0 saturated heterocycles. The molecule has 0 bridgehead atoms. The van der Waals surface area contributed by atoms with Crippen LogP contribution in [0.2, 0.25) is 0 Å². The number of nitrogens with zero attached hydrogens (tertiary/aromatic N) is 1. The molecule has 10 heteroatoms. The molecule has 3 unspecified atom stereocenters. The van der Waals surface area contributed by atoms with Gasteiger partial charge in [-0.3, -0.25) is 14.2 Å². The van der Waals surface area contributed by atoms with Crippen molar-refractivity contribution < 1.29 is 37.3 Å². The van der Waals surface area contributed by atoms with E-state index in [2.05, 4.69) is 123 Å². The SMILES string of the molecule is CCCCC/C=C\C/C=C\C/C=C\C/C=C\CCCCCCCCCCCCCC(=O)OC(/C=C/CCCCCCCCCCC)C(COP(=O)([O-])OCC[N+](C)(C)C)NC(=O)CCCCCCCCCCC/C=C\C/C=C\C/C=C\C/C=C\CCCCC. The van der Waals surface area contributed by atoms with E-state index in [0.29, 0.717) is 17.4 Å². The third kappa shape index (κ3) is 68.9. The lowest BCUT2D eigenvalue weighted by Gasteiger charge is -2.30. The highest BCUT2D eigenvalue weighted by atomic mass is 31.2. The number of esters is 1. The van der Waals surface area contributed by atoms with Crippen molar-refractivity contribution in [1.82, 2.24) is 5.32 Å². The summed E-state index contributed by atoms with van der Waals surface area (Å²) in [4.78, 5) is 40.2. The van der Waals surface area contributed by atoms with Crippen LogP contribution in [0.5, 0.6) is 0 Å². The Morgan fingerprint density at radius 1 is 0.393 bits per heavy atom. The van der Waals surface area contributed by atoms with Gasteiger partial charge < -0.3 is 28.5 Å². The number of carbonyl (C=O) groups is 2. The van der Waals surface area contributed by atoms with Crippen LogP contribution >= 0.6 is 7.82 Å². The highest BCUT2D eigenvalue weighted by molar-refractivity contribution is 7.45. The van der Waals surface area contributed by atoms with Gasteiger partial charge in [-0.05, 0) is 122 Å². The smallest absolute Gasteiger partial charge is 0.306 e. The second kappa shape index (κ2) is 67.6. The minimum absolute atomic E-state index is 0.0284. The van der Waals surface area contributed by atoms with E-state index >= 15 is 0 Å². The molecule has 0 radical (unpaired) electrons. The van der Waals surface area contributed by atoms with E-state index in [1.165, 1.54) is 180 Å². The first-order chi connectivity index (χ1) is 43.4. The molecule has 0 aliphatic carbocycles. The molecule has 89 heavy (non-hydrogen) atoms. The number of unbranched alkanes of at least 4 members (excludes halogenated alkanes) is 35. The maximum absolute atomic E-state index is 13.6. The molecule has 0 aromatic carbocycles. The highest BCUT2D eigenvalue weighted by Gasteiger charge is 2.27. The first-order valence-electron chi connectivity index (χ1n) is 37.2. The minimum Gasteiger partial charge on any atom is -0.756 e. The molecule has 1 amide bonds. The van der Waals surface area contributed by atoms with E-state index in [4.69, 9.17) is 13.8 Å². The van der Waals surface area contributed by atoms with Gasteiger partial charge in [0.25, 0.3) is 7.82 Å². The average molecular weight is 1260 g/mol. The van der Waals surface area contributed by atoms with Crippen molar-refractivity contribution in [3.05, 3.63) is 109 Å². The summed E-state index contributed by atoms with van der Waals surface area (Å²) in [5, 5.41) is 3.04. The van der Waals surface area contributed by atoms with Crippen molar-refractivity contribution in [2.24, 2.45) is 0 Å². The number of quaternary nitrogens is 1. The van der Waals surface area contributed by atoms with Gasteiger partial charge in [-0.25, -0.2) is 0 Å². The molecule has 1 N–H and O–H groups in total. The van der Waals surface area contributed by atoms with Gasteiger partial charge in [0, 0.05) is 12.8 Å². The van der Waals surface area contributed by atoms with Crippen LogP contribution < -0.4 is 10.2 Å². The van der Waals surface area contributed by atoms with E-state index in [0.717, 1.165) is 116 Å². The number of ether oxygens (including phenoxy) is 1. The van der Waals surface area contributed by atoms with Gasteiger partial charge in [0.1, 0.15) is 19.3 Å². The molecule has 0 heterocycles. The number of hydrogen-bond acceptors (Lipinski definition) is 7. The summed E-state index contributed by atoms with van der Waals surface area (Å²) < 4.78 is 30.5. The van der Waals surface area contributed by atoms with Gasteiger partial charge >= 0.3 is 5.97 Å². The van der Waals surface area contributed by atoms with Crippen LogP contribution in [0, 0.1) is 0 Å². The fourth-order valence-corrected chi connectivity index (χ4v) is 11.2. The summed E-state index contributed by atoms with van der Waals surface area (Å²) in [5.74, 6) is -0.549. The van der Waals surface area contributed by atoms with Gasteiger partial charge in [0.05, 0.1) is 33.8 Å². The minimum atomic E-state index is -4.71. The molecule has 514 valence electrons. The van der Waals surface area contributed by atoms with Crippen LogP contribution in [0.25, 0.3) is 0 Å². The first-order valence-corrected chi connectivity index (χ1v) is 38.7. The van der Waals surface area contributed by atoms with Gasteiger partial charge in [-0.15, -0.1) is 0 Å². The van der Waals surface area contributed by atoms with Gasteiger partial charge in [0.15, 0.2) is 0 Å². The van der Waals surface area contributed by atoms with Gasteiger partial charge in [-0.1, -0.05) is 304 Å². The quantitative estimate of drug-likeness (QED) is 0.0212. The zero-order chi connectivity index (χ0) is 64.9. The average Bonchev–Trinajstić information content (AvgIpc) is 3.71. The number of allylic oxidation sites excluding steroid dienone is 17. The van der Waals surface area contributed by atoms with Crippen LogP contribution in [-0.4, -0.2) is 69.4 Å². The summed E-state index contributed by atoms with van der Waals surface area (Å²) in [6.07, 6.45) is 93.6. The predicted molar refractivity (Wildman–Crippen MR) is 385 cm³/mol. The number of amides is 1. The highest BCUT2D eigenvalue weighted by Crippen LogP contribution is 2.38. The summed E-state index contributed by atoms with van der Waals surface area (Å²) in [7, 11) is 1.17. The summed E-state index contributed by atoms with van der Waals surface area (Å²) in [5.41, 5.74) is 0. The second-order valence-corrected chi connectivity index (χ2v) is 27.5. The van der Waals surface area contributed by atoms with Crippen LogP contribution in [-0.2, 0) is 27.9 Å². The third-order valence-electron chi connectivity index (χ3n) is 16.2. The molecule has 0 aliphatic rings. The molecule has 0 fully saturated rings. The van der Waals surface area contributed by atoms with Crippen LogP contribution in [0.15, 0.2) is 109 Å². The predicted octanol–water partition coefficient (Wildman–Crippen LogP) is 23.4. The Balaban J connectivity index is 5.00. The zero-order valence-electron chi connectivity index (χ0n) is 58.9. The fraction of sp³-hybridized carbons (Fsp3) is 0.747. The molecule has 0 aromatic rings. The molecule has 0 spiro atoms. The lowest BCUT2D eigenvalue weighted by molar-refractivity contribution is -0.870. The Bertz CT molecular complexity index is 1890. The first kappa shape index (κ1) is 85.7. The van der Waals surface area contributed by atoms with E-state index in [-0.39, 0.29) is 24.9 Å². The summed E-state index contributed by atoms with van der Waals surface area (Å²) in [6, 6.07) is -0.900. The van der Waals surface area contributed by atoms with Crippen molar-refractivity contribution >= 4 is 19.7 Å². The van der Waals surface area contributed by atoms with Crippen molar-refractivity contribution in [2.45, 2.75) is 341 Å². The Morgan fingerprint density at radius 3 is 1.04 bits per heavy atom. The molecular weight excluding hydrogens is 1120 g/mol. The number of rotatable bonds is 67. The number of phosphoric ester groups is 1. The Labute approximate surface area is 551 Å². The maximum Gasteiger partial charge on any atom is 0.306 e. The maximum atomic E-state index is 13.6. The molecule has 0 aliphatic heterocycles. The number of hydrogen-bond donors (Lipinski definition) is 1. The monoisotopic (exact) mass is 1260 g/mol. The van der Waals surface area contributed by atoms with Gasteiger partial charge in [0.2, 0.25) is 5.91 Å². The third-order valence-corrected chi connectivity index (χ3v) is 17.1. The standard InChI is InChI=1S/C79H141N2O7P/c1-7-10-13-16-19-22-25-27-29-31-33-35-37-39-40-42-44-46-48-50-52-54-57-60-63-66-69-72-79(83)88-77(70-67-64-61-58-55-24-21-18-15-12-9-3)76(75-87-89(84,85)86-74-73-81(4,5)6)80-78(82)71-68-65-62-59-56-53-51-49-47-45-43-41-38-36-34-32-30-28-26-23-20-17-14-11-8-2/h19-20,22-23,27-30,33-36,39-41,43,67,70,76-77H,7-18,21,24-26,31-32,37-38,42,44-66,68-69,71-75H2,1-6H3,(H-,80,82,84,85)/b22-19-,23-20-,29-27-,30-28-,35-33-,36-34-,40-39-,43-41-,70-67+. The van der Waals surface area contributed by atoms with Crippen molar-refractivity contribution in [2.75, 3.05) is 40.9 Å². The number of nitrogens with one attached hydrogen (secondary N) is 1. The van der Waals surface area contributed by atoms with Crippen LogP contribution in [0.4, 0.5) is 0 Å². The number of likely N-dealkylation sites (N-methyl/N-ethyl adjacent to an activating group) is 1. The Morgan fingerprint density at radius 2 is 0.685 bits per heavy atom. The molecule has 0 rings (SSSR count). The van der Waals surface area contributed by atoms with Crippen molar-refractivity contribution in [1.29, 1.82) is 0 Å². The molecular formula is C79H141N2O7P. The molecule has 0 aromatic heterocycles. The summed E-state index contributed by atoms with van der Waals surface area (Å²) in [6.45, 7) is 6.79. The summed E-state index contributed by atoms with van der Waals surface area (Å²) >= 11 is 0. The second-order valence-electron chi connectivity index (χ2n) is 26.1. The molecule has 3 atom stereocenters. The van der Waals surface area contributed by atoms with E-state index in [1.54, 1.807) is 0 Å². The van der Waals surface area contributed by atoms with E-state index in [9.17, 15) is 19.0 Å². The van der Waals surface area contributed by atoms with Gasteiger partial charge in [-0.2, -0.15) is 0 Å². The topological polar surface area (TPSA) is 114 Å². The van der Waals surface area contributed by atoms with Crippen LogP contribution in [0.3, 0.4) is 0 Å². The number of carbonyl (C=O) groups excluding carboxylic acids is 2. The lowest BCUT2D eigenvalue weighted by atomic mass is 10.0. The van der Waals surface area contributed by atoms with E-state index < -0.39 is 26.6 Å². The fourth-order valence-electron chi connectivity index (χ4n) is 10.4.